The number of esters is 2. The van der Waals surface area contributed by atoms with Crippen molar-refractivity contribution in [1.82, 2.24) is 0 Å². The zero-order valence-electron chi connectivity index (χ0n) is 16.9. The van der Waals surface area contributed by atoms with Gasteiger partial charge in [-0.3, -0.25) is 9.59 Å². The highest BCUT2D eigenvalue weighted by molar-refractivity contribution is 5.72. The highest BCUT2D eigenvalue weighted by atomic mass is 16.5. The van der Waals surface area contributed by atoms with Crippen molar-refractivity contribution in [2.75, 3.05) is 13.2 Å². The van der Waals surface area contributed by atoms with Crippen LogP contribution in [0.1, 0.15) is 103 Å². The van der Waals surface area contributed by atoms with Crippen molar-refractivity contribution < 1.29 is 19.1 Å². The molecule has 0 saturated carbocycles. The molecule has 26 heavy (non-hydrogen) atoms. The third kappa shape index (κ3) is 19.0. The van der Waals surface area contributed by atoms with Crippen molar-refractivity contribution in [3.63, 3.8) is 0 Å². The first-order chi connectivity index (χ1) is 12.7. The number of hydrogen-bond acceptors (Lipinski definition) is 4. The molecular formula is C22H40O4. The van der Waals surface area contributed by atoms with E-state index in [-0.39, 0.29) is 18.4 Å². The SMILES string of the molecule is C=CCCCOC(=O)CCCC(=O)OCCCCCCCCCCCC. The number of rotatable bonds is 19. The molecule has 0 rings (SSSR count). The van der Waals surface area contributed by atoms with E-state index in [9.17, 15) is 9.59 Å². The maximum Gasteiger partial charge on any atom is 0.305 e. The molecule has 0 radical (unpaired) electrons. The van der Waals surface area contributed by atoms with Gasteiger partial charge in [-0.05, 0) is 25.7 Å². The summed E-state index contributed by atoms with van der Waals surface area (Å²) in [5.41, 5.74) is 0. The van der Waals surface area contributed by atoms with Crippen molar-refractivity contribution in [3.8, 4) is 0 Å². The van der Waals surface area contributed by atoms with Crippen LogP contribution in [0.15, 0.2) is 12.7 Å². The van der Waals surface area contributed by atoms with Crippen LogP contribution in [-0.4, -0.2) is 25.2 Å². The van der Waals surface area contributed by atoms with Crippen LogP contribution in [0.5, 0.6) is 0 Å². The fraction of sp³-hybridized carbons (Fsp3) is 0.818. The Morgan fingerprint density at radius 1 is 0.692 bits per heavy atom. The normalized spacial score (nSPS) is 10.5. The topological polar surface area (TPSA) is 52.6 Å². The van der Waals surface area contributed by atoms with E-state index < -0.39 is 0 Å². The molecule has 0 atom stereocenters. The van der Waals surface area contributed by atoms with E-state index in [0.29, 0.717) is 26.1 Å². The van der Waals surface area contributed by atoms with Gasteiger partial charge in [0.15, 0.2) is 0 Å². The highest BCUT2D eigenvalue weighted by Crippen LogP contribution is 2.10. The molecule has 0 aromatic heterocycles. The Labute approximate surface area is 160 Å². The second kappa shape index (κ2) is 20.0. The maximum atomic E-state index is 11.6. The van der Waals surface area contributed by atoms with Crippen LogP contribution in [0.4, 0.5) is 0 Å². The first kappa shape index (κ1) is 24.7. The average molecular weight is 369 g/mol. The zero-order chi connectivity index (χ0) is 19.3. The Kier molecular flexibility index (Phi) is 19.0. The quantitative estimate of drug-likeness (QED) is 0.156. The van der Waals surface area contributed by atoms with Gasteiger partial charge in [-0.1, -0.05) is 70.8 Å². The third-order valence-electron chi connectivity index (χ3n) is 4.34. The van der Waals surface area contributed by atoms with Gasteiger partial charge in [0, 0.05) is 12.8 Å². The largest absolute Gasteiger partial charge is 0.466 e. The number of unbranched alkanes of at least 4 members (excludes halogenated alkanes) is 10. The minimum Gasteiger partial charge on any atom is -0.466 e. The molecule has 0 aliphatic rings. The van der Waals surface area contributed by atoms with Crippen LogP contribution in [0.2, 0.25) is 0 Å². The van der Waals surface area contributed by atoms with E-state index in [1.807, 2.05) is 0 Å². The summed E-state index contributed by atoms with van der Waals surface area (Å²) in [6.45, 7) is 6.79. The van der Waals surface area contributed by atoms with Crippen LogP contribution in [-0.2, 0) is 19.1 Å². The lowest BCUT2D eigenvalue weighted by atomic mass is 10.1. The van der Waals surface area contributed by atoms with E-state index in [0.717, 1.165) is 25.7 Å². The van der Waals surface area contributed by atoms with Gasteiger partial charge in [-0.2, -0.15) is 0 Å². The molecular weight excluding hydrogens is 328 g/mol. The first-order valence-corrected chi connectivity index (χ1v) is 10.6. The van der Waals surface area contributed by atoms with E-state index in [4.69, 9.17) is 9.47 Å². The molecule has 0 aromatic carbocycles. The monoisotopic (exact) mass is 368 g/mol. The summed E-state index contributed by atoms with van der Waals surface area (Å²) in [5.74, 6) is -0.447. The summed E-state index contributed by atoms with van der Waals surface area (Å²) in [7, 11) is 0. The third-order valence-corrected chi connectivity index (χ3v) is 4.34. The van der Waals surface area contributed by atoms with Crippen LogP contribution in [0.25, 0.3) is 0 Å². The van der Waals surface area contributed by atoms with E-state index in [1.54, 1.807) is 6.08 Å². The van der Waals surface area contributed by atoms with Gasteiger partial charge >= 0.3 is 11.9 Å². The van der Waals surface area contributed by atoms with Crippen LogP contribution < -0.4 is 0 Å². The molecule has 0 spiro atoms. The first-order valence-electron chi connectivity index (χ1n) is 10.6. The fourth-order valence-corrected chi connectivity index (χ4v) is 2.71. The number of carbonyl (C=O) groups excluding carboxylic acids is 2. The summed E-state index contributed by atoms with van der Waals surface area (Å²) >= 11 is 0. The second-order valence-electron chi connectivity index (χ2n) is 6.91. The van der Waals surface area contributed by atoms with Crippen molar-refractivity contribution >= 4 is 11.9 Å². The smallest absolute Gasteiger partial charge is 0.305 e. The van der Waals surface area contributed by atoms with Crippen LogP contribution >= 0.6 is 0 Å². The van der Waals surface area contributed by atoms with Crippen molar-refractivity contribution in [2.24, 2.45) is 0 Å². The van der Waals surface area contributed by atoms with Gasteiger partial charge in [-0.15, -0.1) is 6.58 Å². The van der Waals surface area contributed by atoms with Gasteiger partial charge in [-0.25, -0.2) is 0 Å². The minimum absolute atomic E-state index is 0.208. The summed E-state index contributed by atoms with van der Waals surface area (Å²) in [5, 5.41) is 0. The Morgan fingerprint density at radius 3 is 1.65 bits per heavy atom. The second-order valence-corrected chi connectivity index (χ2v) is 6.91. The lowest BCUT2D eigenvalue weighted by molar-refractivity contribution is -0.145. The Balaban J connectivity index is 3.29. The maximum absolute atomic E-state index is 11.6. The zero-order valence-corrected chi connectivity index (χ0v) is 16.9. The molecule has 4 heteroatoms. The van der Waals surface area contributed by atoms with Gasteiger partial charge in [0.05, 0.1) is 13.2 Å². The molecule has 0 aliphatic carbocycles. The summed E-state index contributed by atoms with van der Waals surface area (Å²) < 4.78 is 10.3. The number of hydrogen-bond donors (Lipinski definition) is 0. The Hall–Kier alpha value is -1.32. The molecule has 4 nitrogen and oxygen atoms in total. The molecule has 0 heterocycles. The van der Waals surface area contributed by atoms with Crippen molar-refractivity contribution in [3.05, 3.63) is 12.7 Å². The molecule has 0 fully saturated rings. The predicted octanol–water partition coefficient (Wildman–Crippen LogP) is 6.13. The summed E-state index contributed by atoms with van der Waals surface area (Å²) in [6.07, 6.45) is 17.2. The lowest BCUT2D eigenvalue weighted by Crippen LogP contribution is -2.09. The van der Waals surface area contributed by atoms with Crippen molar-refractivity contribution in [2.45, 2.75) is 103 Å². The molecule has 152 valence electrons. The van der Waals surface area contributed by atoms with Gasteiger partial charge < -0.3 is 9.47 Å². The Morgan fingerprint density at radius 2 is 1.15 bits per heavy atom. The summed E-state index contributed by atoms with van der Waals surface area (Å²) in [6, 6.07) is 0. The average Bonchev–Trinajstić information content (AvgIpc) is 2.63. The highest BCUT2D eigenvalue weighted by Gasteiger charge is 2.07. The number of ether oxygens (including phenoxy) is 2. The van der Waals surface area contributed by atoms with E-state index in [1.165, 1.54) is 51.4 Å². The number of carbonyl (C=O) groups is 2. The van der Waals surface area contributed by atoms with E-state index >= 15 is 0 Å². The molecule has 0 saturated heterocycles. The van der Waals surface area contributed by atoms with Gasteiger partial charge in [0.25, 0.3) is 0 Å². The molecule has 0 aromatic rings. The number of allylic oxidation sites excluding steroid dienone is 1. The van der Waals surface area contributed by atoms with Crippen LogP contribution in [0.3, 0.4) is 0 Å². The molecule has 0 amide bonds. The molecule has 0 unspecified atom stereocenters. The lowest BCUT2D eigenvalue weighted by Gasteiger charge is -2.06. The predicted molar refractivity (Wildman–Crippen MR) is 107 cm³/mol. The van der Waals surface area contributed by atoms with Gasteiger partial charge in [0.1, 0.15) is 0 Å². The van der Waals surface area contributed by atoms with Crippen molar-refractivity contribution in [1.29, 1.82) is 0 Å². The minimum atomic E-state index is -0.239. The van der Waals surface area contributed by atoms with E-state index in [2.05, 4.69) is 13.5 Å². The van der Waals surface area contributed by atoms with Gasteiger partial charge in [0.2, 0.25) is 0 Å². The van der Waals surface area contributed by atoms with Crippen LogP contribution in [0, 0.1) is 0 Å². The summed E-state index contributed by atoms with van der Waals surface area (Å²) in [4.78, 5) is 23.0. The molecule has 0 bridgehead atoms. The molecule has 0 aliphatic heterocycles. The fourth-order valence-electron chi connectivity index (χ4n) is 2.71. The Bertz CT molecular complexity index is 352. The standard InChI is InChI=1S/C22H40O4/c1-3-5-7-8-9-10-11-12-13-15-20-26-22(24)18-16-17-21(23)25-19-14-6-4-2/h4H,2-3,5-20H2,1H3. The molecule has 0 N–H and O–H groups in total.